The summed E-state index contributed by atoms with van der Waals surface area (Å²) in [6.45, 7) is 0. The summed E-state index contributed by atoms with van der Waals surface area (Å²) in [5.41, 5.74) is 0.379. The van der Waals surface area contributed by atoms with E-state index < -0.39 is 11.9 Å². The molecule has 0 amide bonds. The topological polar surface area (TPSA) is 22.1 Å². The SMILES string of the molecule is COc1ccc2nc(C(F)(F)F)cc(-c3ccc(Cl)cc3)c2c1. The van der Waals surface area contributed by atoms with Gasteiger partial charge in [-0.15, -0.1) is 0 Å². The zero-order valence-electron chi connectivity index (χ0n) is 12.0. The first-order chi connectivity index (χ1) is 10.9. The van der Waals surface area contributed by atoms with E-state index >= 15 is 0 Å². The molecule has 2 nitrogen and oxygen atoms in total. The molecule has 3 rings (SSSR count). The molecule has 0 fully saturated rings. The number of pyridine rings is 1. The summed E-state index contributed by atoms with van der Waals surface area (Å²) in [5, 5.41) is 1.10. The van der Waals surface area contributed by atoms with Gasteiger partial charge in [0.15, 0.2) is 0 Å². The lowest BCUT2D eigenvalue weighted by molar-refractivity contribution is -0.140. The predicted octanol–water partition coefficient (Wildman–Crippen LogP) is 5.58. The second-order valence-corrected chi connectivity index (χ2v) is 5.38. The molecule has 0 spiro atoms. The molecule has 0 bridgehead atoms. The van der Waals surface area contributed by atoms with E-state index in [-0.39, 0.29) is 5.52 Å². The minimum absolute atomic E-state index is 0.255. The molecule has 0 aliphatic heterocycles. The lowest BCUT2D eigenvalue weighted by Gasteiger charge is -2.13. The molecular weight excluding hydrogens is 327 g/mol. The van der Waals surface area contributed by atoms with Crippen LogP contribution in [0.15, 0.2) is 48.5 Å². The quantitative estimate of drug-likeness (QED) is 0.608. The lowest BCUT2D eigenvalue weighted by Crippen LogP contribution is -2.08. The second kappa shape index (κ2) is 5.74. The van der Waals surface area contributed by atoms with Crippen LogP contribution in [0.3, 0.4) is 0 Å². The van der Waals surface area contributed by atoms with Gasteiger partial charge in [0.2, 0.25) is 0 Å². The molecule has 0 saturated heterocycles. The molecule has 0 atom stereocenters. The average Bonchev–Trinajstić information content (AvgIpc) is 2.53. The lowest BCUT2D eigenvalue weighted by atomic mass is 10.00. The van der Waals surface area contributed by atoms with Crippen LogP contribution in [0.1, 0.15) is 5.69 Å². The van der Waals surface area contributed by atoms with E-state index in [9.17, 15) is 13.2 Å². The van der Waals surface area contributed by atoms with Crippen LogP contribution in [0.2, 0.25) is 5.02 Å². The summed E-state index contributed by atoms with van der Waals surface area (Å²) >= 11 is 5.86. The number of alkyl halides is 3. The Bertz CT molecular complexity index is 860. The Morgan fingerprint density at radius 3 is 2.30 bits per heavy atom. The fourth-order valence-corrected chi connectivity index (χ4v) is 2.47. The van der Waals surface area contributed by atoms with Crippen LogP contribution >= 0.6 is 11.6 Å². The number of hydrogen-bond acceptors (Lipinski definition) is 2. The highest BCUT2D eigenvalue weighted by Crippen LogP contribution is 2.36. The molecular formula is C17H11ClF3NO. The first-order valence-electron chi connectivity index (χ1n) is 6.70. The van der Waals surface area contributed by atoms with E-state index in [1.807, 2.05) is 0 Å². The maximum Gasteiger partial charge on any atom is 0.433 e. The molecule has 0 N–H and O–H groups in total. The highest BCUT2D eigenvalue weighted by Gasteiger charge is 2.33. The van der Waals surface area contributed by atoms with E-state index in [4.69, 9.17) is 16.3 Å². The molecule has 0 unspecified atom stereocenters. The summed E-state index contributed by atoms with van der Waals surface area (Å²) in [6.07, 6.45) is -4.52. The van der Waals surface area contributed by atoms with Crippen LogP contribution in [0.5, 0.6) is 5.75 Å². The van der Waals surface area contributed by atoms with Gasteiger partial charge in [0.05, 0.1) is 12.6 Å². The zero-order valence-corrected chi connectivity index (χ0v) is 12.7. The van der Waals surface area contributed by atoms with Crippen molar-refractivity contribution in [3.63, 3.8) is 0 Å². The summed E-state index contributed by atoms with van der Waals surface area (Å²) < 4.78 is 44.5. The van der Waals surface area contributed by atoms with Crippen molar-refractivity contribution in [2.75, 3.05) is 7.11 Å². The van der Waals surface area contributed by atoms with Crippen LogP contribution in [0.25, 0.3) is 22.0 Å². The van der Waals surface area contributed by atoms with Crippen molar-refractivity contribution >= 4 is 22.5 Å². The van der Waals surface area contributed by atoms with Gasteiger partial charge >= 0.3 is 6.18 Å². The third-order valence-electron chi connectivity index (χ3n) is 3.46. The fourth-order valence-electron chi connectivity index (χ4n) is 2.35. The number of rotatable bonds is 2. The van der Waals surface area contributed by atoms with E-state index in [1.54, 1.807) is 36.4 Å². The van der Waals surface area contributed by atoms with Crippen LogP contribution in [-0.2, 0) is 6.18 Å². The van der Waals surface area contributed by atoms with Gasteiger partial charge in [-0.2, -0.15) is 13.2 Å². The number of halogens is 4. The van der Waals surface area contributed by atoms with Gasteiger partial charge < -0.3 is 4.74 Å². The third-order valence-corrected chi connectivity index (χ3v) is 3.71. The van der Waals surface area contributed by atoms with Crippen molar-refractivity contribution in [3.05, 3.63) is 59.2 Å². The Hall–Kier alpha value is -2.27. The van der Waals surface area contributed by atoms with Crippen LogP contribution < -0.4 is 4.74 Å². The van der Waals surface area contributed by atoms with Gasteiger partial charge in [-0.25, -0.2) is 4.98 Å². The van der Waals surface area contributed by atoms with Gasteiger partial charge in [0.1, 0.15) is 11.4 Å². The Morgan fingerprint density at radius 2 is 1.70 bits per heavy atom. The van der Waals surface area contributed by atoms with Crippen LogP contribution in [-0.4, -0.2) is 12.1 Å². The Kier molecular flexibility index (Phi) is 3.90. The predicted molar refractivity (Wildman–Crippen MR) is 83.7 cm³/mol. The first kappa shape index (κ1) is 15.6. The van der Waals surface area contributed by atoms with Gasteiger partial charge in [-0.05, 0) is 47.5 Å². The minimum Gasteiger partial charge on any atom is -0.497 e. The Labute approximate surface area is 135 Å². The van der Waals surface area contributed by atoms with Crippen molar-refractivity contribution < 1.29 is 17.9 Å². The molecule has 0 aliphatic carbocycles. The van der Waals surface area contributed by atoms with Crippen LogP contribution in [0.4, 0.5) is 13.2 Å². The maximum absolute atomic E-state index is 13.1. The monoisotopic (exact) mass is 337 g/mol. The summed E-state index contributed by atoms with van der Waals surface area (Å²) in [4.78, 5) is 3.72. The van der Waals surface area contributed by atoms with Gasteiger partial charge in [0.25, 0.3) is 0 Å². The van der Waals surface area contributed by atoms with Crippen molar-refractivity contribution in [2.45, 2.75) is 6.18 Å². The molecule has 3 aromatic rings. The number of fused-ring (bicyclic) bond motifs is 1. The smallest absolute Gasteiger partial charge is 0.433 e. The van der Waals surface area contributed by atoms with Crippen molar-refractivity contribution in [3.8, 4) is 16.9 Å². The first-order valence-corrected chi connectivity index (χ1v) is 7.08. The molecule has 0 saturated carbocycles. The Balaban J connectivity index is 2.33. The standard InChI is InChI=1S/C17H11ClF3NO/c1-23-12-6-7-15-14(8-12)13(9-16(22-15)17(19,20)21)10-2-4-11(18)5-3-10/h2-9H,1H3. The highest BCUT2D eigenvalue weighted by molar-refractivity contribution is 6.30. The molecule has 6 heteroatoms. The van der Waals surface area contributed by atoms with Crippen LogP contribution in [0, 0.1) is 0 Å². The maximum atomic E-state index is 13.1. The van der Waals surface area contributed by atoms with Gasteiger partial charge in [-0.1, -0.05) is 23.7 Å². The molecule has 1 heterocycles. The summed E-state index contributed by atoms with van der Waals surface area (Å²) in [5.74, 6) is 0.550. The minimum atomic E-state index is -4.52. The van der Waals surface area contributed by atoms with Crippen molar-refractivity contribution in [1.82, 2.24) is 4.98 Å². The number of benzene rings is 2. The van der Waals surface area contributed by atoms with Gasteiger partial charge in [-0.3, -0.25) is 0 Å². The molecule has 0 radical (unpaired) electrons. The molecule has 1 aromatic heterocycles. The highest BCUT2D eigenvalue weighted by atomic mass is 35.5. The van der Waals surface area contributed by atoms with Gasteiger partial charge in [0, 0.05) is 10.4 Å². The van der Waals surface area contributed by atoms with E-state index in [1.165, 1.54) is 13.2 Å². The zero-order chi connectivity index (χ0) is 16.6. The third kappa shape index (κ3) is 3.10. The Morgan fingerprint density at radius 1 is 1.00 bits per heavy atom. The second-order valence-electron chi connectivity index (χ2n) is 4.94. The van der Waals surface area contributed by atoms with E-state index in [0.717, 1.165) is 6.07 Å². The number of nitrogens with zero attached hydrogens (tertiary/aromatic N) is 1. The molecule has 23 heavy (non-hydrogen) atoms. The molecule has 2 aromatic carbocycles. The van der Waals surface area contributed by atoms with E-state index in [2.05, 4.69) is 4.98 Å². The van der Waals surface area contributed by atoms with Crippen molar-refractivity contribution in [2.24, 2.45) is 0 Å². The normalized spacial score (nSPS) is 11.7. The summed E-state index contributed by atoms with van der Waals surface area (Å²) in [6, 6.07) is 12.4. The van der Waals surface area contributed by atoms with Crippen molar-refractivity contribution in [1.29, 1.82) is 0 Å². The number of ether oxygens (including phenoxy) is 1. The largest absolute Gasteiger partial charge is 0.497 e. The number of methoxy groups -OCH3 is 1. The summed E-state index contributed by atoms with van der Waals surface area (Å²) in [7, 11) is 1.50. The number of aromatic nitrogens is 1. The number of hydrogen-bond donors (Lipinski definition) is 0. The average molecular weight is 338 g/mol. The fraction of sp³-hybridized carbons (Fsp3) is 0.118. The molecule has 118 valence electrons. The van der Waals surface area contributed by atoms with E-state index in [0.29, 0.717) is 27.3 Å². The molecule has 0 aliphatic rings.